The molecule has 0 amide bonds. The first-order valence-electron chi connectivity index (χ1n) is 13.3. The first kappa shape index (κ1) is 32.0. The zero-order valence-corrected chi connectivity index (χ0v) is 22.3. The van der Waals surface area contributed by atoms with Gasteiger partial charge in [-0.05, 0) is 39.0 Å². The van der Waals surface area contributed by atoms with E-state index in [0.29, 0.717) is 13.0 Å². The van der Waals surface area contributed by atoms with Crippen LogP contribution in [-0.4, -0.2) is 45.9 Å². The van der Waals surface area contributed by atoms with E-state index in [1.54, 1.807) is 11.8 Å². The van der Waals surface area contributed by atoms with Gasteiger partial charge in [-0.3, -0.25) is 9.59 Å². The third-order valence-electron chi connectivity index (χ3n) is 5.80. The van der Waals surface area contributed by atoms with Gasteiger partial charge >= 0.3 is 5.97 Å². The van der Waals surface area contributed by atoms with Gasteiger partial charge < -0.3 is 14.9 Å². The molecule has 0 bridgehead atoms. The van der Waals surface area contributed by atoms with Gasteiger partial charge in [0.25, 0.3) is 5.97 Å². The van der Waals surface area contributed by atoms with Crippen LogP contribution in [0.25, 0.3) is 0 Å². The number of hydrogen-bond acceptors (Lipinski definition) is 5. The Morgan fingerprint density at radius 3 is 2.09 bits per heavy atom. The molecule has 2 atom stereocenters. The molecule has 1 aliphatic rings. The Balaban J connectivity index is 0.00000235. The summed E-state index contributed by atoms with van der Waals surface area (Å²) in [5, 5.41) is 18.0. The standard InChI is InChI=1S/C25H46O3S.C2H4O2/c1-3-5-6-7-8-9-10-11-12-13-14-15-17-22-18-16-19-23(26)25(22)29-21-20-24(27)28-4-2;1-2(3)4/h17,23,25-26H,3-16,18-21H2,1-2H3;1H3,(H,3,4). The lowest BCUT2D eigenvalue weighted by Crippen LogP contribution is -2.29. The zero-order valence-electron chi connectivity index (χ0n) is 21.5. The Hall–Kier alpha value is -1.01. The molecule has 0 spiro atoms. The fourth-order valence-corrected chi connectivity index (χ4v) is 5.42. The van der Waals surface area contributed by atoms with Crippen molar-refractivity contribution >= 4 is 23.7 Å². The number of carbonyl (C=O) groups excluding carboxylic acids is 1. The minimum atomic E-state index is -0.833. The summed E-state index contributed by atoms with van der Waals surface area (Å²) >= 11 is 1.73. The van der Waals surface area contributed by atoms with Gasteiger partial charge in [0.15, 0.2) is 0 Å². The highest BCUT2D eigenvalue weighted by Crippen LogP contribution is 2.34. The van der Waals surface area contributed by atoms with Crippen LogP contribution < -0.4 is 0 Å². The topological polar surface area (TPSA) is 83.8 Å². The molecule has 2 N–H and O–H groups in total. The van der Waals surface area contributed by atoms with Crippen molar-refractivity contribution in [1.82, 2.24) is 0 Å². The van der Waals surface area contributed by atoms with Gasteiger partial charge in [0, 0.05) is 12.7 Å². The van der Waals surface area contributed by atoms with Crippen LogP contribution in [0.2, 0.25) is 0 Å². The average molecular weight is 487 g/mol. The van der Waals surface area contributed by atoms with Crippen molar-refractivity contribution in [1.29, 1.82) is 0 Å². The lowest BCUT2D eigenvalue weighted by atomic mass is 9.91. The van der Waals surface area contributed by atoms with E-state index in [2.05, 4.69) is 13.0 Å². The molecular formula is C27H50O5S. The Bertz CT molecular complexity index is 517. The van der Waals surface area contributed by atoms with Gasteiger partial charge in [-0.2, -0.15) is 11.8 Å². The number of aliphatic hydroxyl groups excluding tert-OH is 1. The maximum absolute atomic E-state index is 11.5. The molecular weight excluding hydrogens is 436 g/mol. The Morgan fingerprint density at radius 1 is 1.00 bits per heavy atom. The average Bonchev–Trinajstić information content (AvgIpc) is 2.76. The number of carboxylic acid groups (broad SMARTS) is 1. The summed E-state index contributed by atoms with van der Waals surface area (Å²) in [6, 6.07) is 0. The highest BCUT2D eigenvalue weighted by Gasteiger charge is 2.27. The second-order valence-electron chi connectivity index (χ2n) is 8.93. The second kappa shape index (κ2) is 22.8. The molecule has 0 radical (unpaired) electrons. The van der Waals surface area contributed by atoms with E-state index in [1.807, 2.05) is 6.92 Å². The van der Waals surface area contributed by atoms with Crippen LogP contribution in [0.1, 0.15) is 124 Å². The van der Waals surface area contributed by atoms with Crippen LogP contribution in [0.5, 0.6) is 0 Å². The van der Waals surface area contributed by atoms with E-state index in [9.17, 15) is 9.90 Å². The number of esters is 1. The number of ether oxygens (including phenoxy) is 1. The lowest BCUT2D eigenvalue weighted by Gasteiger charge is -2.30. The summed E-state index contributed by atoms with van der Waals surface area (Å²) in [6.07, 6.45) is 21.9. The smallest absolute Gasteiger partial charge is 0.306 e. The van der Waals surface area contributed by atoms with E-state index in [4.69, 9.17) is 14.6 Å². The van der Waals surface area contributed by atoms with Crippen molar-refractivity contribution in [3.63, 3.8) is 0 Å². The molecule has 1 aliphatic carbocycles. The number of aliphatic carboxylic acids is 1. The molecule has 33 heavy (non-hydrogen) atoms. The largest absolute Gasteiger partial charge is 0.481 e. The third kappa shape index (κ3) is 20.1. The molecule has 194 valence electrons. The number of allylic oxidation sites excluding steroid dienone is 1. The van der Waals surface area contributed by atoms with E-state index >= 15 is 0 Å². The number of carboxylic acids is 1. The normalized spacial score (nSPS) is 19.1. The summed E-state index contributed by atoms with van der Waals surface area (Å²) in [5.74, 6) is -0.229. The van der Waals surface area contributed by atoms with Gasteiger partial charge in [0.05, 0.1) is 24.4 Å². The maximum atomic E-state index is 11.5. The predicted octanol–water partition coefficient (Wildman–Crippen LogP) is 7.30. The van der Waals surface area contributed by atoms with Gasteiger partial charge in [0.2, 0.25) is 0 Å². The highest BCUT2D eigenvalue weighted by atomic mass is 32.2. The number of carbonyl (C=O) groups is 2. The summed E-state index contributed by atoms with van der Waals surface area (Å²) in [7, 11) is 0. The van der Waals surface area contributed by atoms with E-state index in [1.165, 1.54) is 76.2 Å². The van der Waals surface area contributed by atoms with Gasteiger partial charge in [0.1, 0.15) is 0 Å². The highest BCUT2D eigenvalue weighted by molar-refractivity contribution is 8.00. The molecule has 1 rings (SSSR count). The summed E-state index contributed by atoms with van der Waals surface area (Å²) < 4.78 is 5.00. The monoisotopic (exact) mass is 486 g/mol. The second-order valence-corrected chi connectivity index (χ2v) is 10.2. The van der Waals surface area contributed by atoms with Crippen molar-refractivity contribution in [3.05, 3.63) is 11.6 Å². The first-order chi connectivity index (χ1) is 15.9. The minimum Gasteiger partial charge on any atom is -0.481 e. The van der Waals surface area contributed by atoms with Crippen LogP contribution in [0, 0.1) is 0 Å². The maximum Gasteiger partial charge on any atom is 0.306 e. The van der Waals surface area contributed by atoms with Crippen molar-refractivity contribution < 1.29 is 24.5 Å². The Morgan fingerprint density at radius 2 is 1.55 bits per heavy atom. The quantitative estimate of drug-likeness (QED) is 0.127. The van der Waals surface area contributed by atoms with E-state index in [0.717, 1.165) is 38.4 Å². The molecule has 0 aromatic carbocycles. The van der Waals surface area contributed by atoms with Crippen LogP contribution in [0.3, 0.4) is 0 Å². The molecule has 5 nitrogen and oxygen atoms in total. The number of aliphatic hydroxyl groups is 1. The molecule has 0 aromatic rings. The fourth-order valence-electron chi connectivity index (χ4n) is 4.09. The molecule has 1 saturated carbocycles. The van der Waals surface area contributed by atoms with Crippen LogP contribution in [0.15, 0.2) is 11.6 Å². The summed E-state index contributed by atoms with van der Waals surface area (Å²) in [5.41, 5.74) is 1.41. The third-order valence-corrected chi connectivity index (χ3v) is 7.22. The van der Waals surface area contributed by atoms with Crippen LogP contribution >= 0.6 is 11.8 Å². The first-order valence-corrected chi connectivity index (χ1v) is 14.3. The van der Waals surface area contributed by atoms with Crippen LogP contribution in [0.4, 0.5) is 0 Å². The molecule has 0 saturated heterocycles. The van der Waals surface area contributed by atoms with Crippen molar-refractivity contribution in [2.75, 3.05) is 12.4 Å². The number of thioether (sulfide) groups is 1. The van der Waals surface area contributed by atoms with Gasteiger partial charge in [-0.15, -0.1) is 0 Å². The number of rotatable bonds is 17. The Kier molecular flexibility index (Phi) is 22.1. The van der Waals surface area contributed by atoms with Gasteiger partial charge in [-0.25, -0.2) is 0 Å². The molecule has 0 heterocycles. The molecule has 2 unspecified atom stereocenters. The molecule has 0 aliphatic heterocycles. The van der Waals surface area contributed by atoms with Crippen molar-refractivity contribution in [3.8, 4) is 0 Å². The molecule has 6 heteroatoms. The van der Waals surface area contributed by atoms with Crippen molar-refractivity contribution in [2.24, 2.45) is 0 Å². The van der Waals surface area contributed by atoms with E-state index < -0.39 is 5.97 Å². The lowest BCUT2D eigenvalue weighted by molar-refractivity contribution is -0.142. The SMILES string of the molecule is CC(=O)O.CCCCCCCCCCCCCC=C1CCCC(O)C1SCCC(=O)OCC. The van der Waals surface area contributed by atoms with E-state index in [-0.39, 0.29) is 17.3 Å². The number of unbranched alkanes of at least 4 members (excludes halogenated alkanes) is 11. The van der Waals surface area contributed by atoms with Crippen molar-refractivity contribution in [2.45, 2.75) is 135 Å². The summed E-state index contributed by atoms with van der Waals surface area (Å²) in [4.78, 5) is 20.5. The zero-order chi connectivity index (χ0) is 24.7. The summed E-state index contributed by atoms with van der Waals surface area (Å²) in [6.45, 7) is 5.64. The molecule has 0 aromatic heterocycles. The fraction of sp³-hybridized carbons (Fsp3) is 0.852. The number of hydrogen-bond donors (Lipinski definition) is 2. The Labute approximate surface area is 207 Å². The predicted molar refractivity (Wildman–Crippen MR) is 140 cm³/mol. The minimum absolute atomic E-state index is 0.128. The van der Waals surface area contributed by atoms with Crippen LogP contribution in [-0.2, 0) is 14.3 Å². The van der Waals surface area contributed by atoms with Gasteiger partial charge in [-0.1, -0.05) is 82.8 Å². The molecule has 1 fully saturated rings.